The van der Waals surface area contributed by atoms with Crippen LogP contribution in [-0.4, -0.2) is 58.4 Å². The van der Waals surface area contributed by atoms with Crippen molar-refractivity contribution < 1.29 is 4.79 Å². The van der Waals surface area contributed by atoms with Gasteiger partial charge in [-0.05, 0) is 25.2 Å². The molecule has 1 aliphatic heterocycles. The lowest BCUT2D eigenvalue weighted by Gasteiger charge is -2.28. The number of amides is 1. The average molecular weight is 341 g/mol. The Kier molecular flexibility index (Phi) is 5.50. The lowest BCUT2D eigenvalue weighted by atomic mass is 10.1. The van der Waals surface area contributed by atoms with Crippen LogP contribution in [0.5, 0.6) is 0 Å². The molecule has 1 aromatic carbocycles. The van der Waals surface area contributed by atoms with Gasteiger partial charge in [0, 0.05) is 43.7 Å². The topological polar surface area (TPSA) is 78.2 Å². The molecule has 6 heteroatoms. The van der Waals surface area contributed by atoms with Crippen molar-refractivity contribution in [2.75, 3.05) is 32.7 Å². The van der Waals surface area contributed by atoms with Crippen molar-refractivity contribution in [1.82, 2.24) is 19.8 Å². The van der Waals surface area contributed by atoms with Crippen LogP contribution in [0, 0.1) is 0 Å². The number of imidazole rings is 1. The van der Waals surface area contributed by atoms with E-state index in [0.29, 0.717) is 5.56 Å². The van der Waals surface area contributed by atoms with E-state index < -0.39 is 5.91 Å². The monoisotopic (exact) mass is 341 g/mol. The fourth-order valence-corrected chi connectivity index (χ4v) is 3.29. The number of rotatable bonds is 7. The summed E-state index contributed by atoms with van der Waals surface area (Å²) in [4.78, 5) is 24.3. The molecule has 3 rings (SSSR count). The Morgan fingerprint density at radius 2 is 2.00 bits per heavy atom. The first-order chi connectivity index (χ1) is 12.1. The van der Waals surface area contributed by atoms with Gasteiger partial charge in [0.1, 0.15) is 5.82 Å². The minimum Gasteiger partial charge on any atom is -0.366 e. The highest BCUT2D eigenvalue weighted by atomic mass is 16.1. The predicted octanol–water partition coefficient (Wildman–Crippen LogP) is 1.88. The zero-order valence-electron chi connectivity index (χ0n) is 15.1. The van der Waals surface area contributed by atoms with Crippen molar-refractivity contribution in [1.29, 1.82) is 0 Å². The number of benzene rings is 1. The highest BCUT2D eigenvalue weighted by Gasteiger charge is 2.20. The normalized spacial score (nSPS) is 14.7. The van der Waals surface area contributed by atoms with Gasteiger partial charge in [-0.3, -0.25) is 9.69 Å². The molecule has 0 bridgehead atoms. The molecule has 0 radical (unpaired) electrons. The van der Waals surface area contributed by atoms with Crippen LogP contribution in [0.15, 0.2) is 24.3 Å². The third kappa shape index (κ3) is 4.08. The van der Waals surface area contributed by atoms with Crippen LogP contribution in [0.2, 0.25) is 0 Å². The van der Waals surface area contributed by atoms with Gasteiger partial charge < -0.3 is 15.6 Å². The average Bonchev–Trinajstić information content (AvgIpc) is 3.06. The molecule has 0 unspecified atom stereocenters. The van der Waals surface area contributed by atoms with Gasteiger partial charge in [0.2, 0.25) is 5.91 Å². The molecule has 0 atom stereocenters. The molecule has 0 fully saturated rings. The first kappa shape index (κ1) is 17.6. The Bertz CT molecular complexity index is 718. The number of aromatic amines is 1. The van der Waals surface area contributed by atoms with Gasteiger partial charge in [-0.15, -0.1) is 0 Å². The Morgan fingerprint density at radius 3 is 2.64 bits per heavy atom. The molecule has 134 valence electrons. The number of aromatic nitrogens is 2. The number of primary amides is 1. The van der Waals surface area contributed by atoms with Gasteiger partial charge in [-0.25, -0.2) is 4.98 Å². The van der Waals surface area contributed by atoms with E-state index in [9.17, 15) is 4.79 Å². The van der Waals surface area contributed by atoms with Crippen molar-refractivity contribution in [3.05, 3.63) is 41.2 Å². The molecule has 0 saturated carbocycles. The number of hydrogen-bond donors (Lipinski definition) is 2. The largest absolute Gasteiger partial charge is 0.366 e. The standard InChI is InChI=1S/C19H27N5O/c1-3-23(4-2)11-12-24-10-9-16-17(13-24)22-19(21-16)15-7-5-14(6-8-15)18(20)25/h5-8H,3-4,9-13H2,1-2H3,(H2,20,25)(H,21,22). The number of carbonyl (C=O) groups is 1. The molecule has 2 heterocycles. The van der Waals surface area contributed by atoms with E-state index in [2.05, 4.69) is 28.6 Å². The lowest BCUT2D eigenvalue weighted by Crippen LogP contribution is -2.38. The first-order valence-corrected chi connectivity index (χ1v) is 9.03. The van der Waals surface area contributed by atoms with Crippen LogP contribution in [0.4, 0.5) is 0 Å². The second-order valence-electron chi connectivity index (χ2n) is 6.51. The molecule has 2 aromatic rings. The van der Waals surface area contributed by atoms with Crippen LogP contribution in [0.1, 0.15) is 35.6 Å². The molecule has 6 nitrogen and oxygen atoms in total. The van der Waals surface area contributed by atoms with Crippen molar-refractivity contribution in [2.45, 2.75) is 26.8 Å². The molecule has 0 saturated heterocycles. The molecule has 0 aliphatic carbocycles. The van der Waals surface area contributed by atoms with E-state index >= 15 is 0 Å². The number of nitrogens with zero attached hydrogens (tertiary/aromatic N) is 3. The maximum absolute atomic E-state index is 11.2. The van der Waals surface area contributed by atoms with Crippen LogP contribution in [0.3, 0.4) is 0 Å². The van der Waals surface area contributed by atoms with Crippen molar-refractivity contribution >= 4 is 5.91 Å². The summed E-state index contributed by atoms with van der Waals surface area (Å²) in [5, 5.41) is 0. The van der Waals surface area contributed by atoms with E-state index in [4.69, 9.17) is 10.7 Å². The molecule has 1 aromatic heterocycles. The highest BCUT2D eigenvalue weighted by Crippen LogP contribution is 2.23. The third-order valence-electron chi connectivity index (χ3n) is 4.98. The quantitative estimate of drug-likeness (QED) is 0.806. The summed E-state index contributed by atoms with van der Waals surface area (Å²) < 4.78 is 0. The number of H-pyrrole nitrogens is 1. The summed E-state index contributed by atoms with van der Waals surface area (Å²) >= 11 is 0. The van der Waals surface area contributed by atoms with Crippen molar-refractivity contribution in [3.8, 4) is 11.4 Å². The van der Waals surface area contributed by atoms with Gasteiger partial charge in [-0.2, -0.15) is 0 Å². The predicted molar refractivity (Wildman–Crippen MR) is 99.3 cm³/mol. The molecular formula is C19H27N5O. The van der Waals surface area contributed by atoms with E-state index in [1.54, 1.807) is 12.1 Å². The van der Waals surface area contributed by atoms with E-state index in [-0.39, 0.29) is 0 Å². The number of nitrogens with two attached hydrogens (primary N) is 1. The fourth-order valence-electron chi connectivity index (χ4n) is 3.29. The highest BCUT2D eigenvalue weighted by molar-refractivity contribution is 5.93. The Balaban J connectivity index is 1.67. The zero-order chi connectivity index (χ0) is 17.8. The minimum atomic E-state index is -0.408. The molecule has 1 amide bonds. The summed E-state index contributed by atoms with van der Waals surface area (Å²) in [7, 11) is 0. The van der Waals surface area contributed by atoms with E-state index in [1.807, 2.05) is 12.1 Å². The number of carbonyl (C=O) groups excluding carboxylic acids is 1. The Morgan fingerprint density at radius 1 is 1.28 bits per heavy atom. The first-order valence-electron chi connectivity index (χ1n) is 9.03. The van der Waals surface area contributed by atoms with E-state index in [0.717, 1.165) is 62.8 Å². The summed E-state index contributed by atoms with van der Waals surface area (Å²) in [5.74, 6) is 0.459. The maximum Gasteiger partial charge on any atom is 0.248 e. The molecule has 25 heavy (non-hydrogen) atoms. The van der Waals surface area contributed by atoms with Crippen molar-refractivity contribution in [3.63, 3.8) is 0 Å². The van der Waals surface area contributed by atoms with Crippen LogP contribution in [-0.2, 0) is 13.0 Å². The number of fused-ring (bicyclic) bond motifs is 1. The molecule has 0 spiro atoms. The van der Waals surface area contributed by atoms with E-state index in [1.165, 1.54) is 5.69 Å². The summed E-state index contributed by atoms with van der Waals surface area (Å²) in [5.41, 5.74) is 9.16. The van der Waals surface area contributed by atoms with Crippen LogP contribution in [0.25, 0.3) is 11.4 Å². The van der Waals surface area contributed by atoms with Crippen LogP contribution >= 0.6 is 0 Å². The molecule has 3 N–H and O–H groups in total. The second-order valence-corrected chi connectivity index (χ2v) is 6.51. The zero-order valence-corrected chi connectivity index (χ0v) is 15.1. The van der Waals surface area contributed by atoms with Gasteiger partial charge in [-0.1, -0.05) is 26.0 Å². The van der Waals surface area contributed by atoms with Gasteiger partial charge in [0.05, 0.1) is 11.4 Å². The number of nitrogens with one attached hydrogen (secondary N) is 1. The number of hydrogen-bond acceptors (Lipinski definition) is 4. The Labute approximate surface area is 149 Å². The molecule has 1 aliphatic rings. The smallest absolute Gasteiger partial charge is 0.248 e. The summed E-state index contributed by atoms with van der Waals surface area (Å²) in [6.07, 6.45) is 0.976. The maximum atomic E-state index is 11.2. The minimum absolute atomic E-state index is 0.408. The lowest BCUT2D eigenvalue weighted by molar-refractivity contribution is 0.100. The summed E-state index contributed by atoms with van der Waals surface area (Å²) in [6.45, 7) is 10.8. The van der Waals surface area contributed by atoms with Gasteiger partial charge in [0.25, 0.3) is 0 Å². The van der Waals surface area contributed by atoms with Crippen molar-refractivity contribution in [2.24, 2.45) is 5.73 Å². The second kappa shape index (κ2) is 7.80. The SMILES string of the molecule is CCN(CC)CCN1CCc2nc(-c3ccc(C(N)=O)cc3)[nH]c2C1. The van der Waals surface area contributed by atoms with Crippen LogP contribution < -0.4 is 5.73 Å². The molecular weight excluding hydrogens is 314 g/mol. The Hall–Kier alpha value is -2.18. The number of likely N-dealkylation sites (N-methyl/N-ethyl adjacent to an activating group) is 1. The van der Waals surface area contributed by atoms with Gasteiger partial charge in [0.15, 0.2) is 0 Å². The summed E-state index contributed by atoms with van der Waals surface area (Å²) in [6, 6.07) is 7.27. The van der Waals surface area contributed by atoms with Gasteiger partial charge >= 0.3 is 0 Å². The fraction of sp³-hybridized carbons (Fsp3) is 0.474. The third-order valence-corrected chi connectivity index (χ3v) is 4.98.